The highest BCUT2D eigenvalue weighted by Gasteiger charge is 2.31. The molecule has 154 valence electrons. The third-order valence-electron chi connectivity index (χ3n) is 4.85. The van der Waals surface area contributed by atoms with Gasteiger partial charge in [-0.3, -0.25) is 10.1 Å². The van der Waals surface area contributed by atoms with Crippen LogP contribution in [-0.4, -0.2) is 36.8 Å². The van der Waals surface area contributed by atoms with Crippen LogP contribution in [0.1, 0.15) is 30.6 Å². The summed E-state index contributed by atoms with van der Waals surface area (Å²) in [5.41, 5.74) is 1.10. The maximum Gasteiger partial charge on any atom is 0.257 e. The number of piperidine rings is 1. The number of sulfonamides is 1. The molecule has 3 rings (SSSR count). The van der Waals surface area contributed by atoms with Crippen molar-refractivity contribution in [3.63, 3.8) is 0 Å². The van der Waals surface area contributed by atoms with E-state index < -0.39 is 10.0 Å². The molecule has 0 unspecified atom stereocenters. The maximum absolute atomic E-state index is 12.9. The highest BCUT2D eigenvalue weighted by molar-refractivity contribution is 7.89. The average Bonchev–Trinajstić information content (AvgIpc) is 2.68. The van der Waals surface area contributed by atoms with Crippen LogP contribution in [0.4, 0.5) is 5.69 Å². The molecule has 2 aromatic rings. The number of nitrogens with zero attached hydrogens (tertiary/aromatic N) is 1. The topological polar surface area (TPSA) is 78.5 Å². The highest BCUT2D eigenvalue weighted by atomic mass is 32.2. The lowest BCUT2D eigenvalue weighted by atomic mass is 9.94. The predicted octanol–water partition coefficient (Wildman–Crippen LogP) is 3.48. The van der Waals surface area contributed by atoms with Crippen LogP contribution in [-0.2, 0) is 10.0 Å². The number of amides is 1. The van der Waals surface area contributed by atoms with Crippen molar-refractivity contribution in [2.75, 3.05) is 18.4 Å². The zero-order chi connectivity index (χ0) is 21.0. The Morgan fingerprint density at radius 3 is 2.17 bits per heavy atom. The van der Waals surface area contributed by atoms with E-state index in [9.17, 15) is 13.2 Å². The number of benzene rings is 2. The van der Waals surface area contributed by atoms with Crippen molar-refractivity contribution < 1.29 is 13.2 Å². The number of carbonyl (C=O) groups is 1. The van der Waals surface area contributed by atoms with Crippen molar-refractivity contribution in [3.8, 4) is 0 Å². The fraction of sp³-hybridized carbons (Fsp3) is 0.333. The summed E-state index contributed by atoms with van der Waals surface area (Å²) in [5.74, 6) is 0.385. The zero-order valence-electron chi connectivity index (χ0n) is 16.5. The summed E-state index contributed by atoms with van der Waals surface area (Å²) in [6.45, 7) is 5.25. The number of carbonyl (C=O) groups excluding carboxylic acids is 1. The summed E-state index contributed by atoms with van der Waals surface area (Å²) in [6, 6.07) is 15.2. The molecule has 0 bridgehead atoms. The summed E-state index contributed by atoms with van der Waals surface area (Å²) in [4.78, 5) is 12.4. The number of rotatable bonds is 4. The van der Waals surface area contributed by atoms with Crippen molar-refractivity contribution in [1.29, 1.82) is 0 Å². The summed E-state index contributed by atoms with van der Waals surface area (Å²) < 4.78 is 27.4. The first-order chi connectivity index (χ1) is 13.8. The monoisotopic (exact) mass is 431 g/mol. The van der Waals surface area contributed by atoms with Crippen molar-refractivity contribution in [3.05, 3.63) is 60.2 Å². The van der Waals surface area contributed by atoms with Gasteiger partial charge in [-0.25, -0.2) is 8.42 Å². The smallest absolute Gasteiger partial charge is 0.257 e. The van der Waals surface area contributed by atoms with Crippen molar-refractivity contribution in [1.82, 2.24) is 9.62 Å². The van der Waals surface area contributed by atoms with Gasteiger partial charge in [0.1, 0.15) is 0 Å². The summed E-state index contributed by atoms with van der Waals surface area (Å²) >= 11 is 5.18. The zero-order valence-corrected chi connectivity index (χ0v) is 18.1. The van der Waals surface area contributed by atoms with E-state index >= 15 is 0 Å². The van der Waals surface area contributed by atoms with Crippen LogP contribution in [0, 0.1) is 11.8 Å². The molecule has 1 saturated heterocycles. The molecule has 1 aliphatic heterocycles. The molecular weight excluding hydrogens is 406 g/mol. The second-order valence-electron chi connectivity index (χ2n) is 7.57. The van der Waals surface area contributed by atoms with Crippen LogP contribution < -0.4 is 10.6 Å². The molecule has 2 N–H and O–H groups in total. The van der Waals surface area contributed by atoms with Gasteiger partial charge in [-0.1, -0.05) is 32.0 Å². The molecule has 1 fully saturated rings. The van der Waals surface area contributed by atoms with Gasteiger partial charge in [-0.05, 0) is 66.9 Å². The Morgan fingerprint density at radius 1 is 1.00 bits per heavy atom. The average molecular weight is 432 g/mol. The van der Waals surface area contributed by atoms with Crippen LogP contribution in [0.3, 0.4) is 0 Å². The highest BCUT2D eigenvalue weighted by Crippen LogP contribution is 2.27. The number of thiocarbonyl (C=S) groups is 1. The van der Waals surface area contributed by atoms with E-state index in [1.54, 1.807) is 52.8 Å². The lowest BCUT2D eigenvalue weighted by Gasteiger charge is -2.34. The normalized spacial score (nSPS) is 20.1. The largest absolute Gasteiger partial charge is 0.332 e. The standard InChI is InChI=1S/C21H25N3O3S2/c1-15-12-16(2)14-24(13-15)29(26,27)19-10-8-18(9-11-19)22-21(28)23-20(25)17-6-4-3-5-7-17/h3-11,15-16H,12-14H2,1-2H3,(H2,22,23,25,28)/t15-,16-/m0/s1. The van der Waals surface area contributed by atoms with Crippen LogP contribution in [0.5, 0.6) is 0 Å². The fourth-order valence-electron chi connectivity index (χ4n) is 3.59. The number of anilines is 1. The quantitative estimate of drug-likeness (QED) is 0.725. The first kappa shape index (κ1) is 21.4. The Hall–Kier alpha value is -2.29. The number of nitrogens with one attached hydrogen (secondary N) is 2. The summed E-state index contributed by atoms with van der Waals surface area (Å²) in [6.07, 6.45) is 1.04. The first-order valence-electron chi connectivity index (χ1n) is 9.53. The lowest BCUT2D eigenvalue weighted by Crippen LogP contribution is -2.42. The minimum Gasteiger partial charge on any atom is -0.332 e. The molecule has 1 heterocycles. The van der Waals surface area contributed by atoms with Crippen LogP contribution in [0.15, 0.2) is 59.5 Å². The Morgan fingerprint density at radius 2 is 1.59 bits per heavy atom. The van der Waals surface area contributed by atoms with E-state index in [1.165, 1.54) is 0 Å². The summed E-state index contributed by atoms with van der Waals surface area (Å²) in [5, 5.41) is 5.66. The van der Waals surface area contributed by atoms with Crippen molar-refractivity contribution in [2.24, 2.45) is 11.8 Å². The van der Waals surface area contributed by atoms with E-state index in [1.807, 2.05) is 6.07 Å². The van der Waals surface area contributed by atoms with E-state index in [-0.39, 0.29) is 15.9 Å². The van der Waals surface area contributed by atoms with E-state index in [0.29, 0.717) is 36.2 Å². The van der Waals surface area contributed by atoms with Crippen LogP contribution in [0.2, 0.25) is 0 Å². The molecule has 0 saturated carbocycles. The van der Waals surface area contributed by atoms with Gasteiger partial charge in [0.05, 0.1) is 4.90 Å². The lowest BCUT2D eigenvalue weighted by molar-refractivity contribution is 0.0977. The van der Waals surface area contributed by atoms with Crippen LogP contribution >= 0.6 is 12.2 Å². The van der Waals surface area contributed by atoms with Crippen molar-refractivity contribution >= 4 is 38.9 Å². The molecule has 0 aromatic heterocycles. The van der Waals surface area contributed by atoms with Crippen molar-refractivity contribution in [2.45, 2.75) is 25.2 Å². The van der Waals surface area contributed by atoms with Crippen LogP contribution in [0.25, 0.3) is 0 Å². The number of hydrogen-bond donors (Lipinski definition) is 2. The molecular formula is C21H25N3O3S2. The molecule has 6 nitrogen and oxygen atoms in total. The molecule has 0 aliphatic carbocycles. The SMILES string of the molecule is C[C@H]1C[C@H](C)CN(S(=O)(=O)c2ccc(NC(=S)NC(=O)c3ccccc3)cc2)C1. The Balaban J connectivity index is 1.64. The molecule has 2 aromatic carbocycles. The van der Waals surface area contributed by atoms with E-state index in [4.69, 9.17) is 12.2 Å². The Bertz CT molecular complexity index is 966. The van der Waals surface area contributed by atoms with Gasteiger partial charge in [0.15, 0.2) is 5.11 Å². The molecule has 2 atom stereocenters. The molecule has 1 amide bonds. The van der Waals surface area contributed by atoms with E-state index in [0.717, 1.165) is 6.42 Å². The van der Waals surface area contributed by atoms with Gasteiger partial charge < -0.3 is 5.32 Å². The van der Waals surface area contributed by atoms with Gasteiger partial charge >= 0.3 is 0 Å². The third-order valence-corrected chi connectivity index (χ3v) is 6.90. The van der Waals surface area contributed by atoms with Gasteiger partial charge in [0.2, 0.25) is 10.0 Å². The molecule has 0 radical (unpaired) electrons. The maximum atomic E-state index is 12.9. The second kappa shape index (κ2) is 9.02. The number of hydrogen-bond acceptors (Lipinski definition) is 4. The molecule has 0 spiro atoms. The third kappa shape index (κ3) is 5.41. The van der Waals surface area contributed by atoms with Gasteiger partial charge in [0.25, 0.3) is 5.91 Å². The van der Waals surface area contributed by atoms with Gasteiger partial charge in [-0.15, -0.1) is 0 Å². The van der Waals surface area contributed by atoms with Gasteiger partial charge in [-0.2, -0.15) is 4.31 Å². The van der Waals surface area contributed by atoms with Gasteiger partial charge in [0, 0.05) is 24.3 Å². The first-order valence-corrected chi connectivity index (χ1v) is 11.4. The Kier molecular flexibility index (Phi) is 6.66. The molecule has 29 heavy (non-hydrogen) atoms. The molecule has 1 aliphatic rings. The second-order valence-corrected chi connectivity index (χ2v) is 9.91. The van der Waals surface area contributed by atoms with E-state index in [2.05, 4.69) is 24.5 Å². The predicted molar refractivity (Wildman–Crippen MR) is 118 cm³/mol. The minimum atomic E-state index is -3.53. The summed E-state index contributed by atoms with van der Waals surface area (Å²) in [7, 11) is -3.53. The fourth-order valence-corrected chi connectivity index (χ4v) is 5.48. The Labute approximate surface area is 177 Å². The molecule has 8 heteroatoms. The minimum absolute atomic E-state index is 0.146.